The van der Waals surface area contributed by atoms with E-state index < -0.39 is 0 Å². The molecule has 116 valence electrons. The Balaban J connectivity index is 2.85. The van der Waals surface area contributed by atoms with Crippen LogP contribution in [0.1, 0.15) is 67.2 Å². The summed E-state index contributed by atoms with van der Waals surface area (Å²) < 4.78 is 4.79. The quantitative estimate of drug-likeness (QED) is 0.519. The number of carbonyl (C=O) groups excluding carboxylic acids is 2. The molecule has 0 aromatic carbocycles. The first-order valence-electron chi connectivity index (χ1n) is 7.88. The molecule has 1 aliphatic rings. The highest BCUT2D eigenvalue weighted by Crippen LogP contribution is 2.45. The van der Waals surface area contributed by atoms with Crippen molar-refractivity contribution < 1.29 is 14.3 Å². The summed E-state index contributed by atoms with van der Waals surface area (Å²) in [4.78, 5) is 23.4. The largest absolute Gasteiger partial charge is 0.393 e. The van der Waals surface area contributed by atoms with Crippen LogP contribution in [-0.4, -0.2) is 11.9 Å². The molecular weight excluding hydrogens is 252 g/mol. The van der Waals surface area contributed by atoms with Crippen LogP contribution in [0.5, 0.6) is 0 Å². The van der Waals surface area contributed by atoms with Crippen LogP contribution >= 0.6 is 0 Å². The van der Waals surface area contributed by atoms with E-state index in [0.717, 1.165) is 19.3 Å². The maximum atomic E-state index is 12.0. The zero-order chi connectivity index (χ0) is 15.5. The molecule has 0 aromatic heterocycles. The van der Waals surface area contributed by atoms with E-state index in [4.69, 9.17) is 4.74 Å². The second kappa shape index (κ2) is 6.73. The normalized spacial score (nSPS) is 24.1. The molecule has 1 saturated heterocycles. The second-order valence-electron chi connectivity index (χ2n) is 7.74. The lowest BCUT2D eigenvalue weighted by molar-refractivity contribution is -0.154. The molecule has 1 fully saturated rings. The molecule has 1 rings (SSSR count). The number of carbonyl (C=O) groups is 2. The molecule has 3 atom stereocenters. The molecule has 0 radical (unpaired) electrons. The van der Waals surface area contributed by atoms with Crippen LogP contribution in [-0.2, 0) is 14.3 Å². The van der Waals surface area contributed by atoms with Gasteiger partial charge in [0.25, 0.3) is 0 Å². The van der Waals surface area contributed by atoms with Crippen LogP contribution < -0.4 is 0 Å². The number of hydrogen-bond donors (Lipinski definition) is 0. The minimum atomic E-state index is -0.355. The van der Waals surface area contributed by atoms with E-state index in [0.29, 0.717) is 17.8 Å². The molecule has 3 nitrogen and oxygen atoms in total. The van der Waals surface area contributed by atoms with Gasteiger partial charge in [-0.25, -0.2) is 0 Å². The van der Waals surface area contributed by atoms with Gasteiger partial charge in [0.15, 0.2) is 0 Å². The summed E-state index contributed by atoms with van der Waals surface area (Å²) in [6.07, 6.45) is 3.36. The zero-order valence-electron chi connectivity index (χ0n) is 13.9. The van der Waals surface area contributed by atoms with Crippen LogP contribution in [0.3, 0.4) is 0 Å². The van der Waals surface area contributed by atoms with Crippen molar-refractivity contribution in [3.63, 3.8) is 0 Å². The van der Waals surface area contributed by atoms with Gasteiger partial charge in [0, 0.05) is 0 Å². The summed E-state index contributed by atoms with van der Waals surface area (Å²) >= 11 is 0. The van der Waals surface area contributed by atoms with E-state index in [1.165, 1.54) is 0 Å². The van der Waals surface area contributed by atoms with Crippen LogP contribution in [0, 0.1) is 29.1 Å². The van der Waals surface area contributed by atoms with Crippen molar-refractivity contribution in [3.8, 4) is 0 Å². The van der Waals surface area contributed by atoms with E-state index in [2.05, 4.69) is 41.5 Å². The molecule has 0 amide bonds. The summed E-state index contributed by atoms with van der Waals surface area (Å²) in [5.74, 6) is 0.802. The lowest BCUT2D eigenvalue weighted by Crippen LogP contribution is -2.34. The first-order valence-corrected chi connectivity index (χ1v) is 7.88. The van der Waals surface area contributed by atoms with E-state index in [1.54, 1.807) is 0 Å². The molecule has 0 saturated carbocycles. The van der Waals surface area contributed by atoms with E-state index in [-0.39, 0.29) is 29.7 Å². The molecular formula is C17H30O3. The van der Waals surface area contributed by atoms with Gasteiger partial charge in [0.05, 0.1) is 12.3 Å². The summed E-state index contributed by atoms with van der Waals surface area (Å²) in [5.41, 5.74) is -0.133. The predicted octanol–water partition coefficient (Wildman–Crippen LogP) is 4.20. The number of hydrogen-bond acceptors (Lipinski definition) is 3. The smallest absolute Gasteiger partial charge is 0.317 e. The number of ether oxygens (including phenoxy) is 1. The van der Waals surface area contributed by atoms with Gasteiger partial charge in [0.2, 0.25) is 0 Å². The number of rotatable bonds is 7. The SMILES string of the molecule is CC(C)CC(C)CC(C)(CC(C)C)C1CC(=O)OC1=O. The Kier molecular flexibility index (Phi) is 5.79. The van der Waals surface area contributed by atoms with Crippen molar-refractivity contribution in [2.45, 2.75) is 67.2 Å². The van der Waals surface area contributed by atoms with Gasteiger partial charge in [0.1, 0.15) is 0 Å². The van der Waals surface area contributed by atoms with Gasteiger partial charge in [-0.05, 0) is 42.4 Å². The average Bonchev–Trinajstić information content (AvgIpc) is 2.55. The van der Waals surface area contributed by atoms with Crippen LogP contribution in [0.15, 0.2) is 0 Å². The van der Waals surface area contributed by atoms with Gasteiger partial charge in [-0.2, -0.15) is 0 Å². The Bertz CT molecular complexity index is 359. The molecule has 3 heteroatoms. The maximum Gasteiger partial charge on any atom is 0.317 e. The fourth-order valence-corrected chi connectivity index (χ4v) is 3.99. The van der Waals surface area contributed by atoms with Crippen LogP contribution in [0.4, 0.5) is 0 Å². The minimum absolute atomic E-state index is 0.133. The molecule has 0 spiro atoms. The predicted molar refractivity (Wildman–Crippen MR) is 80.0 cm³/mol. The Morgan fingerprint density at radius 1 is 1.10 bits per heavy atom. The fraction of sp³-hybridized carbons (Fsp3) is 0.882. The van der Waals surface area contributed by atoms with E-state index >= 15 is 0 Å². The topological polar surface area (TPSA) is 43.4 Å². The molecule has 3 unspecified atom stereocenters. The monoisotopic (exact) mass is 282 g/mol. The van der Waals surface area contributed by atoms with Crippen molar-refractivity contribution in [1.82, 2.24) is 0 Å². The average molecular weight is 282 g/mol. The standard InChI is InChI=1S/C17H30O3/c1-11(2)7-13(5)10-17(6,9-12(3)4)14-8-15(18)20-16(14)19/h11-14H,7-10H2,1-6H3. The van der Waals surface area contributed by atoms with Crippen molar-refractivity contribution in [2.24, 2.45) is 29.1 Å². The first-order chi connectivity index (χ1) is 9.14. The van der Waals surface area contributed by atoms with Crippen molar-refractivity contribution >= 4 is 11.9 Å². The molecule has 0 aliphatic carbocycles. The highest BCUT2D eigenvalue weighted by atomic mass is 16.6. The lowest BCUT2D eigenvalue weighted by atomic mass is 9.66. The Hall–Kier alpha value is -0.860. The summed E-state index contributed by atoms with van der Waals surface area (Å²) in [6, 6.07) is 0. The van der Waals surface area contributed by atoms with Gasteiger partial charge < -0.3 is 4.74 Å². The Morgan fingerprint density at radius 2 is 1.70 bits per heavy atom. The van der Waals surface area contributed by atoms with Crippen LogP contribution in [0.2, 0.25) is 0 Å². The van der Waals surface area contributed by atoms with Crippen molar-refractivity contribution in [3.05, 3.63) is 0 Å². The fourth-order valence-electron chi connectivity index (χ4n) is 3.99. The summed E-state index contributed by atoms with van der Waals surface area (Å²) in [6.45, 7) is 13.2. The van der Waals surface area contributed by atoms with E-state index in [1.807, 2.05) is 0 Å². The zero-order valence-corrected chi connectivity index (χ0v) is 13.9. The van der Waals surface area contributed by atoms with E-state index in [9.17, 15) is 9.59 Å². The Labute approximate surface area is 123 Å². The number of esters is 2. The molecule has 1 aliphatic heterocycles. The van der Waals surface area contributed by atoms with Crippen LogP contribution in [0.25, 0.3) is 0 Å². The van der Waals surface area contributed by atoms with Gasteiger partial charge in [-0.15, -0.1) is 0 Å². The molecule has 0 bridgehead atoms. The van der Waals surface area contributed by atoms with Crippen molar-refractivity contribution in [1.29, 1.82) is 0 Å². The third-order valence-electron chi connectivity index (χ3n) is 4.27. The summed E-state index contributed by atoms with van der Waals surface area (Å²) in [7, 11) is 0. The lowest BCUT2D eigenvalue weighted by Gasteiger charge is -2.37. The Morgan fingerprint density at radius 3 is 2.10 bits per heavy atom. The molecule has 0 aromatic rings. The van der Waals surface area contributed by atoms with Gasteiger partial charge >= 0.3 is 11.9 Å². The van der Waals surface area contributed by atoms with Gasteiger partial charge in [-0.1, -0.05) is 41.5 Å². The minimum Gasteiger partial charge on any atom is -0.393 e. The highest BCUT2D eigenvalue weighted by molar-refractivity contribution is 5.95. The molecule has 0 N–H and O–H groups in total. The highest BCUT2D eigenvalue weighted by Gasteiger charge is 2.47. The molecule has 1 heterocycles. The van der Waals surface area contributed by atoms with Crippen molar-refractivity contribution in [2.75, 3.05) is 0 Å². The number of cyclic esters (lactones) is 2. The summed E-state index contributed by atoms with van der Waals surface area (Å²) in [5, 5.41) is 0. The molecule has 20 heavy (non-hydrogen) atoms. The second-order valence-corrected chi connectivity index (χ2v) is 7.74. The third-order valence-corrected chi connectivity index (χ3v) is 4.27. The first kappa shape index (κ1) is 17.2. The third kappa shape index (κ3) is 4.60. The van der Waals surface area contributed by atoms with Gasteiger partial charge in [-0.3, -0.25) is 9.59 Å². The maximum absolute atomic E-state index is 12.0.